The van der Waals surface area contributed by atoms with Crippen molar-refractivity contribution in [3.05, 3.63) is 68.7 Å². The number of methoxy groups -OCH3 is 3. The Bertz CT molecular complexity index is 1620. The number of hydrogen-bond donors (Lipinski definition) is 1. The largest absolute Gasteiger partial charge is 0.496 e. The molecule has 0 bridgehead atoms. The molecule has 38 heavy (non-hydrogen) atoms. The molecular formula is C27H22ClNO9. The van der Waals surface area contributed by atoms with Crippen molar-refractivity contribution in [2.24, 2.45) is 5.92 Å². The number of ketones is 2. The average molecular weight is 540 g/mol. The molecule has 0 saturated carbocycles. The van der Waals surface area contributed by atoms with Gasteiger partial charge in [-0.1, -0.05) is 18.5 Å². The van der Waals surface area contributed by atoms with Crippen molar-refractivity contribution < 1.29 is 37.7 Å². The van der Waals surface area contributed by atoms with Gasteiger partial charge in [-0.3, -0.25) is 14.4 Å². The van der Waals surface area contributed by atoms with Gasteiger partial charge in [0.25, 0.3) is 0 Å². The van der Waals surface area contributed by atoms with Gasteiger partial charge in [0, 0.05) is 35.5 Å². The van der Waals surface area contributed by atoms with E-state index in [0.717, 1.165) is 6.07 Å². The summed E-state index contributed by atoms with van der Waals surface area (Å²) in [5.74, 6) is -2.15. The summed E-state index contributed by atoms with van der Waals surface area (Å²) in [4.78, 5) is 51.4. The molecule has 0 amide bonds. The van der Waals surface area contributed by atoms with Crippen LogP contribution in [0.3, 0.4) is 0 Å². The molecule has 2 heterocycles. The zero-order chi connectivity index (χ0) is 27.4. The molecular weight excluding hydrogens is 518 g/mol. The van der Waals surface area contributed by atoms with E-state index in [1.165, 1.54) is 39.5 Å². The number of fused-ring (bicyclic) bond motifs is 2. The van der Waals surface area contributed by atoms with Gasteiger partial charge in [-0.05, 0) is 24.6 Å². The molecule has 0 fully saturated rings. The minimum atomic E-state index is -1.80. The normalized spacial score (nSPS) is 20.1. The molecule has 1 N–H and O–H groups in total. The maximum Gasteiger partial charge on any atom is 0.374 e. The van der Waals surface area contributed by atoms with Gasteiger partial charge in [0.2, 0.25) is 22.9 Å². The van der Waals surface area contributed by atoms with Crippen LogP contribution in [0.2, 0.25) is 5.02 Å². The van der Waals surface area contributed by atoms with Crippen LogP contribution in [0.15, 0.2) is 51.3 Å². The lowest BCUT2D eigenvalue weighted by atomic mass is 9.74. The molecule has 1 aliphatic carbocycles. The van der Waals surface area contributed by atoms with E-state index in [4.69, 9.17) is 30.2 Å². The molecule has 3 aromatic rings. The van der Waals surface area contributed by atoms with Gasteiger partial charge < -0.3 is 28.7 Å². The summed E-state index contributed by atoms with van der Waals surface area (Å²) < 4.78 is 26.7. The van der Waals surface area contributed by atoms with E-state index in [1.54, 1.807) is 19.1 Å². The predicted octanol–water partition coefficient (Wildman–Crippen LogP) is 4.17. The third-order valence-electron chi connectivity index (χ3n) is 6.73. The number of benzene rings is 2. The molecule has 11 heteroatoms. The van der Waals surface area contributed by atoms with E-state index in [0.29, 0.717) is 11.4 Å². The molecule has 2 atom stereocenters. The maximum atomic E-state index is 13.6. The van der Waals surface area contributed by atoms with Gasteiger partial charge in [-0.15, -0.1) is 0 Å². The number of allylic oxidation sites excluding steroid dienone is 1. The second kappa shape index (κ2) is 9.21. The highest BCUT2D eigenvalue weighted by atomic mass is 35.5. The van der Waals surface area contributed by atoms with Crippen LogP contribution in [0, 0.1) is 5.92 Å². The standard InChI is InChI=1S/C27H22ClNO9/c1-12-7-14(29-13-5-6-17-15(8-13)16(30)10-20(37-17)26(33)36-4)9-21(31)27(12)25(32)22-18(34-2)11-19(35-3)23(28)24(22)38-27/h5-6,8-12,29H,7H2,1-4H3. The maximum absolute atomic E-state index is 13.6. The third-order valence-corrected chi connectivity index (χ3v) is 7.09. The number of carbonyl (C=O) groups is 3. The first-order chi connectivity index (χ1) is 18.1. The van der Waals surface area contributed by atoms with E-state index >= 15 is 0 Å². The summed E-state index contributed by atoms with van der Waals surface area (Å²) in [5, 5.41) is 3.44. The summed E-state index contributed by atoms with van der Waals surface area (Å²) in [7, 11) is 4.01. The topological polar surface area (TPSA) is 130 Å². The van der Waals surface area contributed by atoms with Crippen molar-refractivity contribution >= 4 is 45.8 Å². The van der Waals surface area contributed by atoms with E-state index in [2.05, 4.69) is 10.1 Å². The SMILES string of the molecule is COC(=O)c1cc(=O)c2cc(NC3=CC(=O)C4(Oc5c(Cl)c(OC)cc(OC)c5C4=O)C(C)C3)ccc2o1. The summed E-state index contributed by atoms with van der Waals surface area (Å²) in [6.07, 6.45) is 1.59. The van der Waals surface area contributed by atoms with Crippen LogP contribution in [0.4, 0.5) is 5.69 Å². The van der Waals surface area contributed by atoms with E-state index in [-0.39, 0.29) is 51.0 Å². The Hall–Kier alpha value is -4.31. The molecule has 1 aromatic heterocycles. The molecule has 10 nitrogen and oxygen atoms in total. The lowest BCUT2D eigenvalue weighted by Gasteiger charge is -2.35. The summed E-state index contributed by atoms with van der Waals surface area (Å²) in [6.45, 7) is 1.73. The second-order valence-electron chi connectivity index (χ2n) is 8.91. The zero-order valence-electron chi connectivity index (χ0n) is 20.8. The molecule has 2 unspecified atom stereocenters. The Balaban J connectivity index is 1.47. The molecule has 1 spiro atoms. The number of hydrogen-bond acceptors (Lipinski definition) is 10. The van der Waals surface area contributed by atoms with Gasteiger partial charge in [0.1, 0.15) is 27.7 Å². The van der Waals surface area contributed by atoms with Crippen LogP contribution < -0.4 is 25.0 Å². The Labute approximate surface area is 221 Å². The minimum absolute atomic E-state index is 0.0467. The van der Waals surface area contributed by atoms with Gasteiger partial charge in [-0.2, -0.15) is 0 Å². The van der Waals surface area contributed by atoms with Crippen molar-refractivity contribution in [2.45, 2.75) is 18.9 Å². The van der Waals surface area contributed by atoms with Crippen LogP contribution in [-0.2, 0) is 9.53 Å². The fraction of sp³-hybridized carbons (Fsp3) is 0.259. The van der Waals surface area contributed by atoms with Gasteiger partial charge in [-0.25, -0.2) is 4.79 Å². The molecule has 5 rings (SSSR count). The van der Waals surface area contributed by atoms with Crippen LogP contribution in [-0.4, -0.2) is 44.5 Å². The first kappa shape index (κ1) is 25.3. The number of carbonyl (C=O) groups excluding carboxylic acids is 3. The molecule has 0 saturated heterocycles. The lowest BCUT2D eigenvalue weighted by Crippen LogP contribution is -2.55. The summed E-state index contributed by atoms with van der Waals surface area (Å²) in [5.41, 5.74) is -0.907. The third kappa shape index (κ3) is 3.71. The Morgan fingerprint density at radius 3 is 2.47 bits per heavy atom. The van der Waals surface area contributed by atoms with Crippen molar-refractivity contribution in [3.8, 4) is 17.2 Å². The minimum Gasteiger partial charge on any atom is -0.496 e. The van der Waals surface area contributed by atoms with Crippen LogP contribution in [0.5, 0.6) is 17.2 Å². The fourth-order valence-corrected chi connectivity index (χ4v) is 5.10. The first-order valence-corrected chi connectivity index (χ1v) is 11.9. The van der Waals surface area contributed by atoms with Crippen LogP contribution >= 0.6 is 11.6 Å². The predicted molar refractivity (Wildman–Crippen MR) is 137 cm³/mol. The smallest absolute Gasteiger partial charge is 0.374 e. The van der Waals surface area contributed by atoms with Crippen LogP contribution in [0.25, 0.3) is 11.0 Å². The average Bonchev–Trinajstić information content (AvgIpc) is 3.22. The first-order valence-electron chi connectivity index (χ1n) is 11.5. The number of anilines is 1. The fourth-order valence-electron chi connectivity index (χ4n) is 4.84. The Morgan fingerprint density at radius 1 is 1.08 bits per heavy atom. The highest BCUT2D eigenvalue weighted by Crippen LogP contribution is 2.53. The number of esters is 1. The van der Waals surface area contributed by atoms with Gasteiger partial charge >= 0.3 is 5.97 Å². The van der Waals surface area contributed by atoms with E-state index in [9.17, 15) is 19.2 Å². The Kier molecular flexibility index (Phi) is 6.15. The highest BCUT2D eigenvalue weighted by Gasteiger charge is 2.60. The number of ether oxygens (including phenoxy) is 4. The lowest BCUT2D eigenvalue weighted by molar-refractivity contribution is -0.129. The summed E-state index contributed by atoms with van der Waals surface area (Å²) in [6, 6.07) is 7.25. The second-order valence-corrected chi connectivity index (χ2v) is 9.29. The van der Waals surface area contributed by atoms with E-state index in [1.807, 2.05) is 0 Å². The molecule has 196 valence electrons. The highest BCUT2D eigenvalue weighted by molar-refractivity contribution is 6.36. The summed E-state index contributed by atoms with van der Waals surface area (Å²) >= 11 is 6.42. The van der Waals surface area contributed by atoms with Crippen molar-refractivity contribution in [3.63, 3.8) is 0 Å². The molecule has 2 aromatic carbocycles. The number of halogens is 1. The monoisotopic (exact) mass is 539 g/mol. The van der Waals surface area contributed by atoms with Crippen molar-refractivity contribution in [1.29, 1.82) is 0 Å². The van der Waals surface area contributed by atoms with Crippen molar-refractivity contribution in [1.82, 2.24) is 0 Å². The van der Waals surface area contributed by atoms with Gasteiger partial charge in [0.05, 0.1) is 26.7 Å². The van der Waals surface area contributed by atoms with Crippen molar-refractivity contribution in [2.75, 3.05) is 26.6 Å². The number of nitrogens with one attached hydrogen (secondary N) is 1. The molecule has 0 radical (unpaired) electrons. The zero-order valence-corrected chi connectivity index (χ0v) is 21.6. The number of rotatable bonds is 5. The molecule has 2 aliphatic rings. The number of Topliss-reactive ketones (excluding diaryl/α,β-unsaturated/α-hetero) is 1. The van der Waals surface area contributed by atoms with Crippen LogP contribution in [0.1, 0.15) is 34.3 Å². The van der Waals surface area contributed by atoms with E-state index < -0.39 is 34.5 Å². The molecule has 1 aliphatic heterocycles. The quantitative estimate of drug-likeness (QED) is 0.372. The van der Waals surface area contributed by atoms with Gasteiger partial charge in [0.15, 0.2) is 11.2 Å². The Morgan fingerprint density at radius 2 is 1.82 bits per heavy atom.